The summed E-state index contributed by atoms with van der Waals surface area (Å²) in [4.78, 5) is 1.82. The van der Waals surface area contributed by atoms with Crippen LogP contribution in [0.4, 0.5) is 8.78 Å². The predicted molar refractivity (Wildman–Crippen MR) is 70.1 cm³/mol. The quantitative estimate of drug-likeness (QED) is 0.838. The summed E-state index contributed by atoms with van der Waals surface area (Å²) in [6.45, 7) is 0.727. The Kier molecular flexibility index (Phi) is 3.91. The van der Waals surface area contributed by atoms with Crippen LogP contribution in [0.3, 0.4) is 0 Å². The average molecular weight is 318 g/mol. The molecule has 1 heterocycles. The molecule has 90 valence electrons. The van der Waals surface area contributed by atoms with Crippen LogP contribution in [0.5, 0.6) is 0 Å². The van der Waals surface area contributed by atoms with Crippen molar-refractivity contribution >= 4 is 27.3 Å². The lowest BCUT2D eigenvalue weighted by molar-refractivity contribution is 0.597. The van der Waals surface area contributed by atoms with E-state index in [1.54, 1.807) is 0 Å². The molecule has 0 amide bonds. The molecule has 1 N–H and O–H groups in total. The number of thiophene rings is 1. The van der Waals surface area contributed by atoms with Crippen molar-refractivity contribution in [3.05, 3.63) is 45.2 Å². The largest absolute Gasteiger partial charge is 0.315 e. The summed E-state index contributed by atoms with van der Waals surface area (Å²) in [5.74, 6) is -0.874. The van der Waals surface area contributed by atoms with Gasteiger partial charge in [0.15, 0.2) is 0 Å². The summed E-state index contributed by atoms with van der Waals surface area (Å²) in [6.07, 6.45) is 0. The summed E-state index contributed by atoms with van der Waals surface area (Å²) < 4.78 is 27.2. The summed E-state index contributed by atoms with van der Waals surface area (Å²) in [5.41, 5.74) is 0.304. The Morgan fingerprint density at radius 1 is 1.24 bits per heavy atom. The Morgan fingerprint density at radius 2 is 2.00 bits per heavy atom. The van der Waals surface area contributed by atoms with Crippen molar-refractivity contribution in [2.75, 3.05) is 7.05 Å². The fourth-order valence-corrected chi connectivity index (χ4v) is 2.86. The second-order valence-corrected chi connectivity index (χ2v) is 5.57. The maximum Gasteiger partial charge on any atom is 0.138 e. The average Bonchev–Trinajstić information content (AvgIpc) is 2.72. The van der Waals surface area contributed by atoms with E-state index >= 15 is 0 Å². The molecule has 0 aliphatic carbocycles. The second-order valence-electron chi connectivity index (χ2n) is 3.54. The Hall–Kier alpha value is -0.780. The standard InChI is InChI=1S/C12H10BrF2NS/c1-16-6-7-2-3-12(17-7)8-4-11(15)9(13)5-10(8)14/h2-5,16H,6H2,1H3. The fourth-order valence-electron chi connectivity index (χ4n) is 1.50. The number of nitrogens with one attached hydrogen (secondary N) is 1. The Labute approximate surface area is 111 Å². The summed E-state index contributed by atoms with van der Waals surface area (Å²) in [7, 11) is 1.85. The highest BCUT2D eigenvalue weighted by atomic mass is 79.9. The third kappa shape index (κ3) is 2.73. The molecule has 2 rings (SSSR count). The molecule has 0 saturated heterocycles. The van der Waals surface area contributed by atoms with Crippen molar-refractivity contribution in [3.63, 3.8) is 0 Å². The van der Waals surface area contributed by atoms with Crippen LogP contribution in [0.1, 0.15) is 4.88 Å². The molecule has 2 aromatic rings. The molecular formula is C12H10BrF2NS. The van der Waals surface area contributed by atoms with Gasteiger partial charge in [-0.05, 0) is 47.2 Å². The lowest BCUT2D eigenvalue weighted by Gasteiger charge is -2.02. The first kappa shape index (κ1) is 12.7. The van der Waals surface area contributed by atoms with Crippen LogP contribution in [0.2, 0.25) is 0 Å². The zero-order chi connectivity index (χ0) is 12.4. The molecule has 0 aliphatic rings. The molecule has 0 aliphatic heterocycles. The molecule has 0 radical (unpaired) electrons. The molecule has 0 atom stereocenters. The molecule has 0 spiro atoms. The third-order valence-electron chi connectivity index (χ3n) is 2.29. The van der Waals surface area contributed by atoms with E-state index in [-0.39, 0.29) is 4.47 Å². The van der Waals surface area contributed by atoms with Crippen LogP contribution in [-0.4, -0.2) is 7.05 Å². The first-order valence-corrected chi connectivity index (χ1v) is 6.61. The summed E-state index contributed by atoms with van der Waals surface area (Å²) in [5, 5.41) is 3.02. The highest BCUT2D eigenvalue weighted by Crippen LogP contribution is 2.32. The zero-order valence-electron chi connectivity index (χ0n) is 9.06. The van der Waals surface area contributed by atoms with Crippen LogP contribution in [0, 0.1) is 11.6 Å². The first-order valence-electron chi connectivity index (χ1n) is 5.00. The van der Waals surface area contributed by atoms with Crippen LogP contribution < -0.4 is 5.32 Å². The molecule has 1 aromatic carbocycles. The molecule has 0 saturated carbocycles. The van der Waals surface area contributed by atoms with Gasteiger partial charge in [-0.15, -0.1) is 11.3 Å². The molecule has 5 heteroatoms. The van der Waals surface area contributed by atoms with Crippen molar-refractivity contribution in [1.82, 2.24) is 5.32 Å². The van der Waals surface area contributed by atoms with Crippen LogP contribution in [0.25, 0.3) is 10.4 Å². The predicted octanol–water partition coefficient (Wildman–Crippen LogP) is 4.18. The monoisotopic (exact) mass is 317 g/mol. The van der Waals surface area contributed by atoms with E-state index in [1.165, 1.54) is 17.4 Å². The minimum absolute atomic E-state index is 0.144. The lowest BCUT2D eigenvalue weighted by Crippen LogP contribution is -2.02. The van der Waals surface area contributed by atoms with Gasteiger partial charge in [-0.2, -0.15) is 0 Å². The Bertz CT molecular complexity index is 539. The molecule has 0 unspecified atom stereocenters. The maximum atomic E-state index is 13.7. The first-order chi connectivity index (χ1) is 8.11. The van der Waals surface area contributed by atoms with Gasteiger partial charge in [-0.25, -0.2) is 8.78 Å². The molecule has 1 aromatic heterocycles. The van der Waals surface area contributed by atoms with E-state index in [1.807, 2.05) is 19.2 Å². The molecule has 1 nitrogen and oxygen atoms in total. The van der Waals surface area contributed by atoms with Gasteiger partial charge in [0, 0.05) is 21.9 Å². The summed E-state index contributed by atoms with van der Waals surface area (Å²) >= 11 is 4.42. The number of halogens is 3. The number of benzene rings is 1. The minimum atomic E-state index is -0.454. The molecular weight excluding hydrogens is 308 g/mol. The van der Waals surface area contributed by atoms with E-state index in [0.29, 0.717) is 5.56 Å². The van der Waals surface area contributed by atoms with Crippen LogP contribution >= 0.6 is 27.3 Å². The van der Waals surface area contributed by atoms with Gasteiger partial charge in [0.2, 0.25) is 0 Å². The van der Waals surface area contributed by atoms with E-state index in [2.05, 4.69) is 21.2 Å². The number of hydrogen-bond donors (Lipinski definition) is 1. The highest BCUT2D eigenvalue weighted by molar-refractivity contribution is 9.10. The normalized spacial score (nSPS) is 10.8. The van der Waals surface area contributed by atoms with Gasteiger partial charge in [0.05, 0.1) is 4.47 Å². The minimum Gasteiger partial charge on any atom is -0.315 e. The van der Waals surface area contributed by atoms with Crippen molar-refractivity contribution in [2.24, 2.45) is 0 Å². The van der Waals surface area contributed by atoms with Crippen molar-refractivity contribution in [2.45, 2.75) is 6.54 Å². The smallest absolute Gasteiger partial charge is 0.138 e. The van der Waals surface area contributed by atoms with Gasteiger partial charge in [0.1, 0.15) is 11.6 Å². The zero-order valence-corrected chi connectivity index (χ0v) is 11.5. The van der Waals surface area contributed by atoms with Crippen LogP contribution in [0.15, 0.2) is 28.7 Å². The lowest BCUT2D eigenvalue weighted by atomic mass is 10.2. The van der Waals surface area contributed by atoms with Crippen molar-refractivity contribution in [3.8, 4) is 10.4 Å². The van der Waals surface area contributed by atoms with Crippen LogP contribution in [-0.2, 0) is 6.54 Å². The molecule has 0 bridgehead atoms. The van der Waals surface area contributed by atoms with E-state index in [0.717, 1.165) is 22.4 Å². The molecule has 17 heavy (non-hydrogen) atoms. The topological polar surface area (TPSA) is 12.0 Å². The van der Waals surface area contributed by atoms with Gasteiger partial charge in [-0.3, -0.25) is 0 Å². The van der Waals surface area contributed by atoms with E-state index < -0.39 is 11.6 Å². The van der Waals surface area contributed by atoms with Crippen molar-refractivity contribution in [1.29, 1.82) is 0 Å². The van der Waals surface area contributed by atoms with Gasteiger partial charge in [0.25, 0.3) is 0 Å². The highest BCUT2D eigenvalue weighted by Gasteiger charge is 2.12. The van der Waals surface area contributed by atoms with E-state index in [4.69, 9.17) is 0 Å². The third-order valence-corrected chi connectivity index (χ3v) is 4.01. The maximum absolute atomic E-state index is 13.7. The van der Waals surface area contributed by atoms with Gasteiger partial charge in [-0.1, -0.05) is 0 Å². The SMILES string of the molecule is CNCc1ccc(-c2cc(F)c(Br)cc2F)s1. The Morgan fingerprint density at radius 3 is 2.71 bits per heavy atom. The second kappa shape index (κ2) is 5.25. The number of rotatable bonds is 3. The Balaban J connectivity index is 2.41. The van der Waals surface area contributed by atoms with Crippen molar-refractivity contribution < 1.29 is 8.78 Å². The van der Waals surface area contributed by atoms with Gasteiger partial charge >= 0.3 is 0 Å². The van der Waals surface area contributed by atoms with E-state index in [9.17, 15) is 8.78 Å². The van der Waals surface area contributed by atoms with Gasteiger partial charge < -0.3 is 5.32 Å². The molecule has 0 fully saturated rings. The fraction of sp³-hybridized carbons (Fsp3) is 0.167. The number of hydrogen-bond acceptors (Lipinski definition) is 2. The summed E-state index contributed by atoms with van der Waals surface area (Å²) in [6, 6.07) is 6.09.